The fourth-order valence-corrected chi connectivity index (χ4v) is 2.96. The number of carbonyl (C=O) groups excluding carboxylic acids is 2. The monoisotopic (exact) mass is 363 g/mol. The van der Waals surface area contributed by atoms with Crippen LogP contribution < -0.4 is 16.0 Å². The van der Waals surface area contributed by atoms with E-state index in [0.29, 0.717) is 11.3 Å². The lowest BCUT2D eigenvalue weighted by Gasteiger charge is -2.20. The normalized spacial score (nSPS) is 19.2. The van der Waals surface area contributed by atoms with Crippen molar-refractivity contribution in [1.29, 1.82) is 0 Å². The zero-order valence-electron chi connectivity index (χ0n) is 13.8. The third-order valence-electron chi connectivity index (χ3n) is 4.16. The van der Waals surface area contributed by atoms with Gasteiger partial charge < -0.3 is 16.0 Å². The van der Waals surface area contributed by atoms with Crippen molar-refractivity contribution >= 4 is 17.6 Å². The third kappa shape index (κ3) is 3.63. The first-order valence-electron chi connectivity index (χ1n) is 7.91. The van der Waals surface area contributed by atoms with Crippen molar-refractivity contribution in [1.82, 2.24) is 10.6 Å². The highest BCUT2D eigenvalue weighted by molar-refractivity contribution is 5.95. The minimum Gasteiger partial charge on any atom is -0.354 e. The van der Waals surface area contributed by atoms with Crippen LogP contribution >= 0.6 is 0 Å². The van der Waals surface area contributed by atoms with Crippen LogP contribution in [0, 0.1) is 24.4 Å². The molecule has 2 aromatic rings. The van der Waals surface area contributed by atoms with Crippen LogP contribution in [0.5, 0.6) is 0 Å². The van der Waals surface area contributed by atoms with Crippen molar-refractivity contribution in [2.75, 3.05) is 11.9 Å². The van der Waals surface area contributed by atoms with Crippen molar-refractivity contribution in [3.63, 3.8) is 0 Å². The van der Waals surface area contributed by atoms with E-state index in [0.717, 1.165) is 12.1 Å². The third-order valence-corrected chi connectivity index (χ3v) is 4.16. The zero-order valence-corrected chi connectivity index (χ0v) is 13.8. The Hall–Kier alpha value is -3.03. The van der Waals surface area contributed by atoms with Gasteiger partial charge in [0.1, 0.15) is 23.5 Å². The van der Waals surface area contributed by atoms with Crippen LogP contribution in [0.1, 0.15) is 17.0 Å². The Morgan fingerprint density at radius 1 is 1.12 bits per heavy atom. The molecule has 1 heterocycles. The van der Waals surface area contributed by atoms with Crippen LogP contribution in [-0.4, -0.2) is 24.5 Å². The standard InChI is InChI=1S/C18H16F3N3O2/c1-9-6-13(20)15(14(21)7-9)12-8-22-17(25)16(12)24-18(26)23-11-4-2-10(19)3-5-11/h2-7,12,16H,8H2,1H3,(H,22,25)(H2,23,24,26)/t12-,16-/m0/s1. The summed E-state index contributed by atoms with van der Waals surface area (Å²) in [6.07, 6.45) is 0. The lowest BCUT2D eigenvalue weighted by molar-refractivity contribution is -0.120. The van der Waals surface area contributed by atoms with Gasteiger partial charge in [0.25, 0.3) is 0 Å². The Morgan fingerprint density at radius 3 is 2.35 bits per heavy atom. The molecular weight excluding hydrogens is 347 g/mol. The summed E-state index contributed by atoms with van der Waals surface area (Å²) in [7, 11) is 0. The summed E-state index contributed by atoms with van der Waals surface area (Å²) in [6.45, 7) is 1.55. The van der Waals surface area contributed by atoms with Crippen LogP contribution in [0.25, 0.3) is 0 Å². The highest BCUT2D eigenvalue weighted by Crippen LogP contribution is 2.29. The Morgan fingerprint density at radius 2 is 1.73 bits per heavy atom. The van der Waals surface area contributed by atoms with E-state index in [4.69, 9.17) is 0 Å². The van der Waals surface area contributed by atoms with Crippen LogP contribution in [0.15, 0.2) is 36.4 Å². The summed E-state index contributed by atoms with van der Waals surface area (Å²) in [5.74, 6) is -3.42. The number of hydrogen-bond donors (Lipinski definition) is 3. The molecule has 26 heavy (non-hydrogen) atoms. The molecule has 1 aliphatic heterocycles. The molecule has 136 valence electrons. The molecule has 1 fully saturated rings. The maximum atomic E-state index is 14.2. The van der Waals surface area contributed by atoms with Gasteiger partial charge in [-0.2, -0.15) is 0 Å². The van der Waals surface area contributed by atoms with Crippen LogP contribution in [-0.2, 0) is 4.79 Å². The van der Waals surface area contributed by atoms with E-state index in [1.165, 1.54) is 24.3 Å². The maximum absolute atomic E-state index is 14.2. The van der Waals surface area contributed by atoms with E-state index in [-0.39, 0.29) is 12.1 Å². The molecule has 0 aromatic heterocycles. The molecule has 2 aromatic carbocycles. The Labute approximate surface area is 147 Å². The average molecular weight is 363 g/mol. The molecule has 0 radical (unpaired) electrons. The van der Waals surface area contributed by atoms with E-state index >= 15 is 0 Å². The SMILES string of the molecule is Cc1cc(F)c([C@@H]2CNC(=O)[C@H]2NC(=O)Nc2ccc(F)cc2)c(F)c1. The van der Waals surface area contributed by atoms with Gasteiger partial charge in [-0.25, -0.2) is 18.0 Å². The second-order valence-electron chi connectivity index (χ2n) is 6.08. The molecule has 0 unspecified atom stereocenters. The molecule has 8 heteroatoms. The molecule has 1 aliphatic rings. The number of carbonyl (C=O) groups is 2. The van der Waals surface area contributed by atoms with E-state index < -0.39 is 41.3 Å². The van der Waals surface area contributed by atoms with Gasteiger partial charge in [-0.15, -0.1) is 0 Å². The molecule has 0 aliphatic carbocycles. The first-order valence-corrected chi connectivity index (χ1v) is 7.91. The van der Waals surface area contributed by atoms with Gasteiger partial charge >= 0.3 is 6.03 Å². The number of hydrogen-bond acceptors (Lipinski definition) is 2. The molecule has 0 spiro atoms. The number of rotatable bonds is 3. The highest BCUT2D eigenvalue weighted by atomic mass is 19.1. The van der Waals surface area contributed by atoms with Gasteiger partial charge in [-0.3, -0.25) is 4.79 Å². The van der Waals surface area contributed by atoms with E-state index in [2.05, 4.69) is 16.0 Å². The number of anilines is 1. The summed E-state index contributed by atoms with van der Waals surface area (Å²) in [6, 6.07) is 5.50. The van der Waals surface area contributed by atoms with Crippen LogP contribution in [0.3, 0.4) is 0 Å². The van der Waals surface area contributed by atoms with Crippen molar-refractivity contribution < 1.29 is 22.8 Å². The molecule has 2 atom stereocenters. The number of nitrogens with one attached hydrogen (secondary N) is 3. The molecule has 1 saturated heterocycles. The largest absolute Gasteiger partial charge is 0.354 e. The lowest BCUT2D eigenvalue weighted by Crippen LogP contribution is -2.45. The second-order valence-corrected chi connectivity index (χ2v) is 6.08. The first kappa shape index (κ1) is 17.8. The molecule has 3 rings (SSSR count). The number of amides is 3. The molecule has 0 bridgehead atoms. The minimum atomic E-state index is -1.14. The molecular formula is C18H16F3N3O2. The van der Waals surface area contributed by atoms with Crippen molar-refractivity contribution in [3.05, 3.63) is 65.0 Å². The molecule has 5 nitrogen and oxygen atoms in total. The predicted molar refractivity (Wildman–Crippen MR) is 89.2 cm³/mol. The summed E-state index contributed by atoms with van der Waals surface area (Å²) in [5.41, 5.74) is 0.479. The highest BCUT2D eigenvalue weighted by Gasteiger charge is 2.39. The summed E-state index contributed by atoms with van der Waals surface area (Å²) < 4.78 is 41.4. The number of aryl methyl sites for hydroxylation is 1. The van der Waals surface area contributed by atoms with Crippen LogP contribution in [0.2, 0.25) is 0 Å². The van der Waals surface area contributed by atoms with Crippen molar-refractivity contribution in [3.8, 4) is 0 Å². The zero-order chi connectivity index (χ0) is 18.8. The molecule has 0 saturated carbocycles. The fraction of sp³-hybridized carbons (Fsp3) is 0.222. The summed E-state index contributed by atoms with van der Waals surface area (Å²) in [5, 5.41) is 7.36. The lowest BCUT2D eigenvalue weighted by atomic mass is 9.92. The topological polar surface area (TPSA) is 70.2 Å². The van der Waals surface area contributed by atoms with Gasteiger partial charge in [-0.1, -0.05) is 0 Å². The Bertz CT molecular complexity index is 832. The van der Waals surface area contributed by atoms with Gasteiger partial charge in [0.2, 0.25) is 5.91 Å². The molecule has 3 N–H and O–H groups in total. The smallest absolute Gasteiger partial charge is 0.319 e. The van der Waals surface area contributed by atoms with Crippen molar-refractivity contribution in [2.45, 2.75) is 18.9 Å². The first-order chi connectivity index (χ1) is 12.3. The average Bonchev–Trinajstić information content (AvgIpc) is 2.90. The Balaban J connectivity index is 1.78. The van der Waals surface area contributed by atoms with E-state index in [1.807, 2.05) is 0 Å². The molecule has 3 amide bonds. The quantitative estimate of drug-likeness (QED) is 0.785. The number of halogens is 3. The number of urea groups is 1. The Kier molecular flexibility index (Phi) is 4.83. The van der Waals surface area contributed by atoms with Gasteiger partial charge in [0, 0.05) is 23.7 Å². The second kappa shape index (κ2) is 7.07. The van der Waals surface area contributed by atoms with E-state index in [9.17, 15) is 22.8 Å². The summed E-state index contributed by atoms with van der Waals surface area (Å²) >= 11 is 0. The van der Waals surface area contributed by atoms with Gasteiger partial charge in [-0.05, 0) is 48.9 Å². The number of benzene rings is 2. The fourth-order valence-electron chi connectivity index (χ4n) is 2.96. The van der Waals surface area contributed by atoms with Crippen LogP contribution in [0.4, 0.5) is 23.7 Å². The minimum absolute atomic E-state index is 0.00275. The summed E-state index contributed by atoms with van der Waals surface area (Å²) in [4.78, 5) is 24.1. The predicted octanol–water partition coefficient (Wildman–Crippen LogP) is 2.82. The van der Waals surface area contributed by atoms with Crippen molar-refractivity contribution in [2.24, 2.45) is 0 Å². The van der Waals surface area contributed by atoms with Gasteiger partial charge in [0.05, 0.1) is 0 Å². The maximum Gasteiger partial charge on any atom is 0.319 e. The van der Waals surface area contributed by atoms with E-state index in [1.54, 1.807) is 6.92 Å². The van der Waals surface area contributed by atoms with Gasteiger partial charge in [0.15, 0.2) is 0 Å².